The molecule has 0 fully saturated rings. The Bertz CT molecular complexity index is 419. The summed E-state index contributed by atoms with van der Waals surface area (Å²) in [7, 11) is 11.5. The molecule has 0 aliphatic carbocycles. The molecular formula is C8H13AlCl5NO7Zr. The van der Waals surface area contributed by atoms with Crippen molar-refractivity contribution >= 4 is 77.6 Å². The third-order valence-corrected chi connectivity index (χ3v) is 5.33. The van der Waals surface area contributed by atoms with E-state index in [1.807, 2.05) is 0 Å². The Morgan fingerprint density at radius 3 is 1.65 bits per heavy atom. The van der Waals surface area contributed by atoms with Crippen LogP contribution in [0.3, 0.4) is 0 Å². The van der Waals surface area contributed by atoms with Crippen LogP contribution >= 0.6 is 54.9 Å². The van der Waals surface area contributed by atoms with Crippen molar-refractivity contribution in [1.82, 2.24) is 0 Å². The van der Waals surface area contributed by atoms with Crippen LogP contribution < -0.4 is 10.2 Å². The van der Waals surface area contributed by atoms with Gasteiger partial charge in [0.2, 0.25) is 0 Å². The van der Waals surface area contributed by atoms with Crippen LogP contribution in [0.4, 0.5) is 0 Å². The maximum absolute atomic E-state index is 9.24. The maximum Gasteiger partial charge on any atom is 4.00 e. The molecule has 0 saturated carbocycles. The number of nitrogens with two attached hydrogens (primary N) is 1. The van der Waals surface area contributed by atoms with Gasteiger partial charge in [0.15, 0.2) is 0 Å². The van der Waals surface area contributed by atoms with Crippen LogP contribution in [0.2, 0.25) is 15.1 Å². The Morgan fingerprint density at radius 2 is 1.39 bits per heavy atom. The number of carbonyl (C=O) groups is 1. The quantitative estimate of drug-likeness (QED) is 0.421. The zero-order chi connectivity index (χ0) is 13.6. The first-order chi connectivity index (χ1) is 7.81. The summed E-state index contributed by atoms with van der Waals surface area (Å²) in [4.78, 5) is 9.24. The number of rotatable bonds is 2. The second kappa shape index (κ2) is 23.3. The Morgan fingerprint density at radius 1 is 1.04 bits per heavy atom. The molecule has 8 nitrogen and oxygen atoms in total. The van der Waals surface area contributed by atoms with Crippen molar-refractivity contribution in [3.8, 4) is 0 Å². The van der Waals surface area contributed by atoms with Crippen molar-refractivity contribution in [3.05, 3.63) is 27.2 Å². The first-order valence-electron chi connectivity index (χ1n) is 4.14. The van der Waals surface area contributed by atoms with Gasteiger partial charge in [-0.05, 0) is 6.07 Å². The van der Waals surface area contributed by atoms with Crippen molar-refractivity contribution in [2.24, 2.45) is 5.73 Å². The summed E-state index contributed by atoms with van der Waals surface area (Å²) >= 11 is 15.4. The molecule has 0 aromatic heterocycles. The molecule has 0 atom stereocenters. The van der Waals surface area contributed by atoms with E-state index >= 15 is 0 Å². The summed E-state index contributed by atoms with van der Waals surface area (Å²) in [5.41, 5.74) is 4.57. The summed E-state index contributed by atoms with van der Waals surface area (Å²) in [5, 5.41) is 8.69. The standard InChI is InChI=1S/C6H2Cl3.C2H5NO2.Al.2ClH.5H2O.Zr/c7-4-2-1-3-5(8)6(4)9;3-1-2(4)5;;;;;;;;;/h1-2H;1,3H2,(H,4,5);;2*1H;5*1H2;/q;;+2;;;;;;;;+4/p-6. The third-order valence-electron chi connectivity index (χ3n) is 1.47. The fourth-order valence-electron chi connectivity index (χ4n) is 0.709. The van der Waals surface area contributed by atoms with Gasteiger partial charge in [0.05, 0.1) is 21.6 Å². The van der Waals surface area contributed by atoms with Crippen molar-refractivity contribution in [1.29, 1.82) is 0 Å². The van der Waals surface area contributed by atoms with Crippen LogP contribution in [-0.2, 0) is 31.0 Å². The van der Waals surface area contributed by atoms with Gasteiger partial charge in [0.25, 0.3) is 0 Å². The van der Waals surface area contributed by atoms with E-state index in [9.17, 15) is 4.79 Å². The average Bonchev–Trinajstić information content (AvgIpc) is 2.26. The Hall–Kier alpha value is 1.32. The Balaban J connectivity index is -0.0000000420. The molecule has 0 aliphatic heterocycles. The van der Waals surface area contributed by atoms with E-state index in [-0.39, 0.29) is 60.1 Å². The van der Waals surface area contributed by atoms with E-state index in [2.05, 4.69) is 5.73 Å². The number of halogens is 5. The number of carboxylic acid groups (broad SMARTS) is 1. The zero-order valence-electron chi connectivity index (χ0n) is 11.1. The van der Waals surface area contributed by atoms with Crippen LogP contribution in [0.1, 0.15) is 0 Å². The maximum atomic E-state index is 9.24. The molecule has 23 heavy (non-hydrogen) atoms. The molecular weight excluding hydrogens is 518 g/mol. The van der Waals surface area contributed by atoms with Gasteiger partial charge in [0.1, 0.15) is 0 Å². The summed E-state index contributed by atoms with van der Waals surface area (Å²) < 4.78 is 0.703. The van der Waals surface area contributed by atoms with Gasteiger partial charge in [-0.25, -0.2) is 20.1 Å². The molecule has 0 unspecified atom stereocenters. The van der Waals surface area contributed by atoms with Crippen LogP contribution in [0, 0.1) is 0 Å². The van der Waals surface area contributed by atoms with E-state index < -0.39 is 18.3 Å². The van der Waals surface area contributed by atoms with Crippen LogP contribution in [0.5, 0.6) is 0 Å². The predicted molar refractivity (Wildman–Crippen MR) is 86.6 cm³/mol. The minimum atomic E-state index is -1.95. The first-order valence-corrected chi connectivity index (χ1v) is 9.35. The minimum Gasteiger partial charge on any atom is -0.870 e. The molecule has 0 heterocycles. The first kappa shape index (κ1) is 44.1. The second-order valence-corrected chi connectivity index (χ2v) is 8.34. The van der Waals surface area contributed by atoms with Gasteiger partial charge in [-0.15, -0.1) is 0 Å². The zero-order valence-corrected chi connectivity index (χ0v) is 18.4. The minimum absolute atomic E-state index is 0. The van der Waals surface area contributed by atoms with Crippen LogP contribution in [0.15, 0.2) is 12.1 Å². The smallest absolute Gasteiger partial charge is 0.870 e. The van der Waals surface area contributed by atoms with Crippen molar-refractivity contribution < 1.29 is 63.5 Å². The molecule has 1 rings (SSSR count). The fourth-order valence-corrected chi connectivity index (χ4v) is 3.67. The number of hydrogen-bond donors (Lipinski definition) is 2. The molecule has 0 saturated heterocycles. The van der Waals surface area contributed by atoms with E-state index in [0.29, 0.717) is 19.5 Å². The number of benzene rings is 1. The Kier molecular flexibility index (Phi) is 44.7. The summed E-state index contributed by atoms with van der Waals surface area (Å²) in [5.74, 6) is -0.968. The van der Waals surface area contributed by atoms with E-state index in [1.54, 1.807) is 12.1 Å². The molecule has 9 N–H and O–H groups in total. The van der Waals surface area contributed by atoms with Crippen molar-refractivity contribution in [3.63, 3.8) is 0 Å². The molecule has 0 amide bonds. The molecule has 1 aromatic carbocycles. The fraction of sp³-hybridized carbons (Fsp3) is 0.125. The molecule has 0 aliphatic rings. The van der Waals surface area contributed by atoms with Crippen LogP contribution in [0.25, 0.3) is 0 Å². The number of carboxylic acids is 1. The van der Waals surface area contributed by atoms with E-state index in [1.165, 1.54) is 0 Å². The SMILES string of the molecule is Clc1cc[c]([Al]([Cl])[Cl])c(Cl)c1Cl.NCC(=O)O.O.[OH-].[OH-].[OH-].[OH-].[Zr+4]. The van der Waals surface area contributed by atoms with E-state index in [0.717, 1.165) is 0 Å². The molecule has 134 valence electrons. The number of hydrogen-bond acceptors (Lipinski definition) is 6. The largest absolute Gasteiger partial charge is 4.00 e. The second-order valence-electron chi connectivity index (χ2n) is 2.66. The van der Waals surface area contributed by atoms with Gasteiger partial charge in [-0.1, -0.05) is 45.3 Å². The topological polar surface area (TPSA) is 215 Å². The van der Waals surface area contributed by atoms with E-state index in [4.69, 9.17) is 60.0 Å². The molecule has 15 heteroatoms. The van der Waals surface area contributed by atoms with Crippen molar-refractivity contribution in [2.75, 3.05) is 6.54 Å². The molecule has 1 aromatic rings. The summed E-state index contributed by atoms with van der Waals surface area (Å²) in [6.45, 7) is -0.278. The normalized spacial score (nSPS) is 6.87. The van der Waals surface area contributed by atoms with Gasteiger partial charge < -0.3 is 38.2 Å². The molecule has 0 radical (unpaired) electrons. The van der Waals surface area contributed by atoms with Gasteiger partial charge in [-0.2, -0.15) is 0 Å². The monoisotopic (exact) mass is 527 g/mol. The van der Waals surface area contributed by atoms with Crippen molar-refractivity contribution in [2.45, 2.75) is 0 Å². The average molecular weight is 531 g/mol. The predicted octanol–water partition coefficient (Wildman–Crippen LogP) is 1.31. The Labute approximate surface area is 179 Å². The number of aliphatic carboxylic acids is 1. The van der Waals surface area contributed by atoms with Gasteiger partial charge >= 0.3 is 44.5 Å². The van der Waals surface area contributed by atoms with Gasteiger partial charge in [-0.3, -0.25) is 4.79 Å². The van der Waals surface area contributed by atoms with Crippen LogP contribution in [-0.4, -0.2) is 57.3 Å². The third kappa shape index (κ3) is 17.9. The molecule has 0 bridgehead atoms. The summed E-state index contributed by atoms with van der Waals surface area (Å²) in [6.07, 6.45) is 0. The summed E-state index contributed by atoms with van der Waals surface area (Å²) in [6, 6.07) is 3.34. The molecule has 0 spiro atoms. The van der Waals surface area contributed by atoms with Gasteiger partial charge in [0, 0.05) is 0 Å².